The minimum Gasteiger partial charge on any atom is -0.374 e. The molecule has 0 aliphatic carbocycles. The lowest BCUT2D eigenvalue weighted by Crippen LogP contribution is -2.54. The Morgan fingerprint density at radius 2 is 1.78 bits per heavy atom. The van der Waals surface area contributed by atoms with E-state index in [1.807, 2.05) is 5.32 Å². The van der Waals surface area contributed by atoms with Crippen LogP contribution in [0.2, 0.25) is 0 Å². The Kier molecular flexibility index (Phi) is 9.91. The molecule has 2 N–H and O–H groups in total. The summed E-state index contributed by atoms with van der Waals surface area (Å²) in [7, 11) is -3.95. The molecule has 0 aliphatic heterocycles. The fourth-order valence-electron chi connectivity index (χ4n) is 3.12. The SMILES string of the molecule is CS(=O)(=O)C[C@H](N[C@@H](c1ccc([N+](=O)[O-])cc1)C(F)(F)F)C(=O)N[C@H](C#N)COCc1ccccc1. The maximum absolute atomic E-state index is 13.8. The lowest BCUT2D eigenvalue weighted by atomic mass is 10.0. The van der Waals surface area contributed by atoms with Gasteiger partial charge in [-0.2, -0.15) is 18.4 Å². The van der Waals surface area contributed by atoms with Gasteiger partial charge in [-0.05, 0) is 11.1 Å². The van der Waals surface area contributed by atoms with Gasteiger partial charge in [0.15, 0.2) is 0 Å². The number of sulfone groups is 1. The Hall–Kier alpha value is -3.54. The van der Waals surface area contributed by atoms with Gasteiger partial charge in [0.25, 0.3) is 5.69 Å². The molecule has 0 aromatic heterocycles. The van der Waals surface area contributed by atoms with Crippen molar-refractivity contribution < 1.29 is 36.0 Å². The highest BCUT2D eigenvalue weighted by Crippen LogP contribution is 2.34. The molecule has 0 spiro atoms. The van der Waals surface area contributed by atoms with E-state index in [1.54, 1.807) is 36.4 Å². The van der Waals surface area contributed by atoms with Crippen LogP contribution in [0.1, 0.15) is 17.2 Å². The largest absolute Gasteiger partial charge is 0.407 e. The third-order valence-corrected chi connectivity index (χ3v) is 5.73. The summed E-state index contributed by atoms with van der Waals surface area (Å²) in [6, 6.07) is 8.35. The molecule has 10 nitrogen and oxygen atoms in total. The first kappa shape index (κ1) is 28.7. The van der Waals surface area contributed by atoms with Gasteiger partial charge in [-0.1, -0.05) is 42.5 Å². The van der Waals surface area contributed by atoms with Crippen molar-refractivity contribution in [1.82, 2.24) is 10.6 Å². The Labute approximate surface area is 205 Å². The van der Waals surface area contributed by atoms with E-state index >= 15 is 0 Å². The molecule has 36 heavy (non-hydrogen) atoms. The Morgan fingerprint density at radius 1 is 1.17 bits per heavy atom. The van der Waals surface area contributed by atoms with Crippen LogP contribution in [0.15, 0.2) is 54.6 Å². The van der Waals surface area contributed by atoms with Crippen molar-refractivity contribution in [2.24, 2.45) is 0 Å². The summed E-state index contributed by atoms with van der Waals surface area (Å²) in [6.45, 7) is -0.190. The number of halogens is 3. The van der Waals surface area contributed by atoms with Gasteiger partial charge in [0.05, 0.1) is 30.0 Å². The van der Waals surface area contributed by atoms with Crippen LogP contribution in [0.25, 0.3) is 0 Å². The molecule has 0 radical (unpaired) electrons. The summed E-state index contributed by atoms with van der Waals surface area (Å²) in [4.78, 5) is 22.8. The number of ether oxygens (including phenoxy) is 1. The third kappa shape index (κ3) is 9.25. The molecule has 194 valence electrons. The number of nitro groups is 1. The number of carbonyl (C=O) groups excluding carboxylic acids is 1. The van der Waals surface area contributed by atoms with E-state index in [1.165, 1.54) is 0 Å². The van der Waals surface area contributed by atoms with Crippen LogP contribution < -0.4 is 10.6 Å². The first-order chi connectivity index (χ1) is 16.8. The standard InChI is InChI=1S/C22H23F3N4O6S/c1-36(33,34)14-19(21(30)27-17(11-26)13-35-12-15-5-3-2-4-6-15)28-20(22(23,24)25)16-7-9-18(10-8-16)29(31)32/h2-10,17,19-20,28H,12-14H2,1H3,(H,27,30)/t17-,19+,20+/m1/s1. The third-order valence-electron chi connectivity index (χ3n) is 4.79. The lowest BCUT2D eigenvalue weighted by molar-refractivity contribution is -0.384. The maximum atomic E-state index is 13.8. The second-order valence-electron chi connectivity index (χ2n) is 7.83. The van der Waals surface area contributed by atoms with E-state index in [9.17, 15) is 41.8 Å². The molecular formula is C22H23F3N4O6S. The van der Waals surface area contributed by atoms with Crippen molar-refractivity contribution in [2.45, 2.75) is 30.9 Å². The summed E-state index contributed by atoms with van der Waals surface area (Å²) < 4.78 is 70.6. The minimum atomic E-state index is -4.99. The highest BCUT2D eigenvalue weighted by molar-refractivity contribution is 7.90. The van der Waals surface area contributed by atoms with Crippen LogP contribution in [-0.2, 0) is 26.0 Å². The van der Waals surface area contributed by atoms with Crippen molar-refractivity contribution in [3.8, 4) is 6.07 Å². The van der Waals surface area contributed by atoms with Gasteiger partial charge in [-0.3, -0.25) is 20.2 Å². The number of nitrogens with zero attached hydrogens (tertiary/aromatic N) is 2. The average molecular weight is 529 g/mol. The Morgan fingerprint density at radius 3 is 2.28 bits per heavy atom. The van der Waals surface area contributed by atoms with Crippen molar-refractivity contribution in [3.05, 3.63) is 75.8 Å². The van der Waals surface area contributed by atoms with E-state index in [2.05, 4.69) is 5.32 Å². The minimum absolute atomic E-state index is 0.107. The molecule has 0 bridgehead atoms. The number of hydrogen-bond acceptors (Lipinski definition) is 8. The number of carbonyl (C=O) groups is 1. The van der Waals surface area contributed by atoms with Crippen LogP contribution in [0, 0.1) is 21.4 Å². The molecule has 3 atom stereocenters. The number of alkyl halides is 3. The first-order valence-corrected chi connectivity index (χ1v) is 12.4. The van der Waals surface area contributed by atoms with E-state index in [0.29, 0.717) is 0 Å². The van der Waals surface area contributed by atoms with Crippen LogP contribution in [0.3, 0.4) is 0 Å². The number of nitriles is 1. The highest BCUT2D eigenvalue weighted by Gasteiger charge is 2.43. The van der Waals surface area contributed by atoms with Gasteiger partial charge in [0.1, 0.15) is 28.0 Å². The molecule has 0 heterocycles. The van der Waals surface area contributed by atoms with E-state index in [-0.39, 0.29) is 13.2 Å². The van der Waals surface area contributed by atoms with E-state index < -0.39 is 62.0 Å². The highest BCUT2D eigenvalue weighted by atomic mass is 32.2. The number of nitro benzene ring substituents is 1. The summed E-state index contributed by atoms with van der Waals surface area (Å²) in [5.41, 5.74) is -0.131. The van der Waals surface area contributed by atoms with E-state index in [0.717, 1.165) is 36.1 Å². The molecular weight excluding hydrogens is 505 g/mol. The molecule has 14 heteroatoms. The molecule has 1 amide bonds. The van der Waals surface area contributed by atoms with Crippen molar-refractivity contribution in [2.75, 3.05) is 18.6 Å². The zero-order valence-electron chi connectivity index (χ0n) is 18.9. The number of non-ortho nitro benzene ring substituents is 1. The van der Waals surface area contributed by atoms with Crippen molar-refractivity contribution in [1.29, 1.82) is 5.26 Å². The van der Waals surface area contributed by atoms with Crippen LogP contribution in [-0.4, -0.2) is 56.1 Å². The second-order valence-corrected chi connectivity index (χ2v) is 10.0. The molecule has 0 fully saturated rings. The Bertz CT molecular complexity index is 1190. The summed E-state index contributed by atoms with van der Waals surface area (Å²) in [5, 5.41) is 24.3. The quantitative estimate of drug-likeness (QED) is 0.315. The van der Waals surface area contributed by atoms with Crippen LogP contribution in [0.5, 0.6) is 0 Å². The van der Waals surface area contributed by atoms with Gasteiger partial charge >= 0.3 is 6.18 Å². The van der Waals surface area contributed by atoms with Crippen LogP contribution in [0.4, 0.5) is 18.9 Å². The Balaban J connectivity index is 2.19. The number of benzene rings is 2. The number of rotatable bonds is 12. The maximum Gasteiger partial charge on any atom is 0.407 e. The fourth-order valence-corrected chi connectivity index (χ4v) is 3.98. The smallest absolute Gasteiger partial charge is 0.374 e. The first-order valence-electron chi connectivity index (χ1n) is 10.4. The normalized spacial score (nSPS) is 14.3. The summed E-state index contributed by atoms with van der Waals surface area (Å²) in [6.07, 6.45) is -4.24. The zero-order valence-corrected chi connectivity index (χ0v) is 19.8. The molecule has 0 unspecified atom stereocenters. The summed E-state index contributed by atoms with van der Waals surface area (Å²) >= 11 is 0. The van der Waals surface area contributed by atoms with Crippen molar-refractivity contribution >= 4 is 21.4 Å². The number of amides is 1. The summed E-state index contributed by atoms with van der Waals surface area (Å²) in [5.74, 6) is -2.16. The molecule has 2 rings (SSSR count). The molecule has 2 aromatic rings. The van der Waals surface area contributed by atoms with Gasteiger partial charge in [-0.15, -0.1) is 0 Å². The van der Waals surface area contributed by atoms with Crippen LogP contribution >= 0.6 is 0 Å². The molecule has 0 aliphatic rings. The van der Waals surface area contributed by atoms with E-state index in [4.69, 9.17) is 4.74 Å². The molecule has 2 aromatic carbocycles. The topological polar surface area (TPSA) is 151 Å². The second kappa shape index (κ2) is 12.4. The number of hydrogen-bond donors (Lipinski definition) is 2. The predicted molar refractivity (Wildman–Crippen MR) is 122 cm³/mol. The fraction of sp³-hybridized carbons (Fsp3) is 0.364. The van der Waals surface area contributed by atoms with Crippen molar-refractivity contribution in [3.63, 3.8) is 0 Å². The molecule has 0 saturated heterocycles. The lowest BCUT2D eigenvalue weighted by Gasteiger charge is -2.27. The predicted octanol–water partition coefficient (Wildman–Crippen LogP) is 2.43. The number of nitrogens with one attached hydrogen (secondary N) is 2. The van der Waals surface area contributed by atoms with Gasteiger partial charge < -0.3 is 10.1 Å². The van der Waals surface area contributed by atoms with Gasteiger partial charge in [-0.25, -0.2) is 8.42 Å². The molecule has 0 saturated carbocycles. The monoisotopic (exact) mass is 528 g/mol. The average Bonchev–Trinajstić information content (AvgIpc) is 2.80. The zero-order chi connectivity index (χ0) is 26.9. The van der Waals surface area contributed by atoms with Gasteiger partial charge in [0, 0.05) is 18.4 Å². The van der Waals surface area contributed by atoms with Gasteiger partial charge in [0.2, 0.25) is 5.91 Å².